The van der Waals surface area contributed by atoms with Crippen molar-refractivity contribution >= 4 is 34.5 Å². The van der Waals surface area contributed by atoms with Crippen LogP contribution in [-0.4, -0.2) is 12.0 Å². The van der Waals surface area contributed by atoms with Gasteiger partial charge < -0.3 is 10.6 Å². The number of nitrogens with two attached hydrogens (primary N) is 1. The molecule has 0 atom stereocenters. The second-order valence-corrected chi connectivity index (χ2v) is 5.72. The third-order valence-electron chi connectivity index (χ3n) is 3.16. The molecule has 4 heteroatoms. The fourth-order valence-electron chi connectivity index (χ4n) is 2.12. The lowest BCUT2D eigenvalue weighted by molar-refractivity contribution is 0.921. The van der Waals surface area contributed by atoms with Gasteiger partial charge in [0.15, 0.2) is 0 Å². The van der Waals surface area contributed by atoms with Crippen molar-refractivity contribution < 1.29 is 0 Å². The number of rotatable bonds is 4. The van der Waals surface area contributed by atoms with Crippen LogP contribution in [0.2, 0.25) is 5.02 Å². The zero-order valence-electron chi connectivity index (χ0n) is 11.6. The van der Waals surface area contributed by atoms with Gasteiger partial charge in [-0.15, -0.1) is 0 Å². The van der Waals surface area contributed by atoms with E-state index in [4.69, 9.17) is 29.6 Å². The van der Waals surface area contributed by atoms with Crippen molar-refractivity contribution in [2.75, 3.05) is 11.9 Å². The molecular formula is C16H17ClN2S. The SMILES string of the molecule is Cc1cccc(CN(C)c2ccc(C(N)=S)c(Cl)c2)c1. The molecule has 2 N–H and O–H groups in total. The van der Waals surface area contributed by atoms with Crippen LogP contribution >= 0.6 is 23.8 Å². The highest BCUT2D eigenvalue weighted by Gasteiger charge is 2.08. The summed E-state index contributed by atoms with van der Waals surface area (Å²) in [5.41, 5.74) is 9.90. The topological polar surface area (TPSA) is 29.3 Å². The molecule has 104 valence electrons. The predicted molar refractivity (Wildman–Crippen MR) is 90.6 cm³/mol. The van der Waals surface area contributed by atoms with Crippen molar-refractivity contribution in [1.82, 2.24) is 0 Å². The summed E-state index contributed by atoms with van der Waals surface area (Å²) in [6, 6.07) is 14.2. The van der Waals surface area contributed by atoms with Gasteiger partial charge in [0.2, 0.25) is 0 Å². The van der Waals surface area contributed by atoms with Crippen molar-refractivity contribution in [1.29, 1.82) is 0 Å². The lowest BCUT2D eigenvalue weighted by atomic mass is 10.1. The first-order chi connectivity index (χ1) is 9.47. The minimum absolute atomic E-state index is 0.322. The summed E-state index contributed by atoms with van der Waals surface area (Å²) in [7, 11) is 2.04. The normalized spacial score (nSPS) is 10.3. The molecule has 0 amide bonds. The van der Waals surface area contributed by atoms with Crippen LogP contribution in [0.1, 0.15) is 16.7 Å². The van der Waals surface area contributed by atoms with Gasteiger partial charge in [-0.2, -0.15) is 0 Å². The van der Waals surface area contributed by atoms with Crippen LogP contribution in [-0.2, 0) is 6.54 Å². The summed E-state index contributed by atoms with van der Waals surface area (Å²) in [5.74, 6) is 0. The van der Waals surface area contributed by atoms with Gasteiger partial charge in [-0.05, 0) is 30.7 Å². The Kier molecular flexibility index (Phi) is 4.63. The van der Waals surface area contributed by atoms with E-state index in [2.05, 4.69) is 36.1 Å². The smallest absolute Gasteiger partial charge is 0.105 e. The number of aryl methyl sites for hydroxylation is 1. The molecule has 0 aliphatic carbocycles. The molecule has 0 aliphatic rings. The Balaban J connectivity index is 2.19. The van der Waals surface area contributed by atoms with E-state index in [9.17, 15) is 0 Å². The third kappa shape index (κ3) is 3.50. The Morgan fingerprint density at radius 2 is 2.00 bits per heavy atom. The van der Waals surface area contributed by atoms with Crippen molar-refractivity contribution in [3.63, 3.8) is 0 Å². The minimum Gasteiger partial charge on any atom is -0.389 e. The van der Waals surface area contributed by atoms with Crippen LogP contribution in [0.25, 0.3) is 0 Å². The molecule has 0 saturated heterocycles. The Bertz CT molecular complexity index is 640. The number of benzene rings is 2. The maximum Gasteiger partial charge on any atom is 0.105 e. The molecule has 0 heterocycles. The lowest BCUT2D eigenvalue weighted by Gasteiger charge is -2.20. The predicted octanol–water partition coefficient (Wildman–Crippen LogP) is 3.92. The Morgan fingerprint density at radius 1 is 1.25 bits per heavy atom. The number of thiocarbonyl (C=S) groups is 1. The first-order valence-corrected chi connectivity index (χ1v) is 7.12. The van der Waals surface area contributed by atoms with Gasteiger partial charge in [0.1, 0.15) is 4.99 Å². The molecule has 0 aromatic heterocycles. The summed E-state index contributed by atoms with van der Waals surface area (Å²) < 4.78 is 0. The van der Waals surface area contributed by atoms with E-state index in [0.717, 1.165) is 17.8 Å². The molecule has 2 aromatic rings. The standard InChI is InChI=1S/C16H17ClN2S/c1-11-4-3-5-12(8-11)10-19(2)13-6-7-14(16(18)20)15(17)9-13/h3-9H,10H2,1-2H3,(H2,18,20). The van der Waals surface area contributed by atoms with Crippen LogP contribution in [0.15, 0.2) is 42.5 Å². The van der Waals surface area contributed by atoms with E-state index in [0.29, 0.717) is 10.0 Å². The van der Waals surface area contributed by atoms with Crippen molar-refractivity contribution in [3.05, 3.63) is 64.2 Å². The Labute approximate surface area is 130 Å². The van der Waals surface area contributed by atoms with Crippen LogP contribution < -0.4 is 10.6 Å². The fraction of sp³-hybridized carbons (Fsp3) is 0.188. The van der Waals surface area contributed by atoms with Gasteiger partial charge in [-0.1, -0.05) is 53.6 Å². The maximum absolute atomic E-state index is 6.20. The zero-order chi connectivity index (χ0) is 14.7. The van der Waals surface area contributed by atoms with Gasteiger partial charge in [-0.25, -0.2) is 0 Å². The van der Waals surface area contributed by atoms with E-state index in [1.165, 1.54) is 11.1 Å². The maximum atomic E-state index is 6.20. The molecule has 0 spiro atoms. The molecule has 20 heavy (non-hydrogen) atoms. The van der Waals surface area contributed by atoms with Gasteiger partial charge in [0.05, 0.1) is 5.02 Å². The van der Waals surface area contributed by atoms with Crippen LogP contribution in [0, 0.1) is 6.92 Å². The highest BCUT2D eigenvalue weighted by Crippen LogP contribution is 2.24. The zero-order valence-corrected chi connectivity index (χ0v) is 13.1. The van der Waals surface area contributed by atoms with Crippen LogP contribution in [0.3, 0.4) is 0 Å². The molecule has 0 saturated carbocycles. The summed E-state index contributed by atoms with van der Waals surface area (Å²) in [6.07, 6.45) is 0. The average Bonchev–Trinajstić information content (AvgIpc) is 2.38. The van der Waals surface area contributed by atoms with Gasteiger partial charge in [0, 0.05) is 24.8 Å². The number of anilines is 1. The third-order valence-corrected chi connectivity index (χ3v) is 3.69. The molecule has 0 bridgehead atoms. The van der Waals surface area contributed by atoms with E-state index in [1.807, 2.05) is 25.2 Å². The Morgan fingerprint density at radius 3 is 2.60 bits per heavy atom. The monoisotopic (exact) mass is 304 g/mol. The molecule has 0 radical (unpaired) electrons. The van der Waals surface area contributed by atoms with Crippen molar-refractivity contribution in [2.24, 2.45) is 5.73 Å². The highest BCUT2D eigenvalue weighted by atomic mass is 35.5. The fourth-order valence-corrected chi connectivity index (χ4v) is 2.63. The molecule has 2 rings (SSSR count). The molecule has 0 fully saturated rings. The summed E-state index contributed by atoms with van der Waals surface area (Å²) in [5, 5.41) is 0.589. The molecule has 2 aromatic carbocycles. The van der Waals surface area contributed by atoms with E-state index in [-0.39, 0.29) is 0 Å². The Hall–Kier alpha value is -1.58. The molecule has 0 unspecified atom stereocenters. The van der Waals surface area contributed by atoms with Gasteiger partial charge in [0.25, 0.3) is 0 Å². The first kappa shape index (κ1) is 14.8. The van der Waals surface area contributed by atoms with Gasteiger partial charge >= 0.3 is 0 Å². The quantitative estimate of drug-likeness (QED) is 0.868. The number of hydrogen-bond donors (Lipinski definition) is 1. The largest absolute Gasteiger partial charge is 0.389 e. The van der Waals surface area contributed by atoms with Crippen LogP contribution in [0.5, 0.6) is 0 Å². The van der Waals surface area contributed by atoms with E-state index >= 15 is 0 Å². The number of hydrogen-bond acceptors (Lipinski definition) is 2. The lowest BCUT2D eigenvalue weighted by Crippen LogP contribution is -2.17. The van der Waals surface area contributed by atoms with E-state index in [1.54, 1.807) is 0 Å². The second-order valence-electron chi connectivity index (χ2n) is 4.87. The highest BCUT2D eigenvalue weighted by molar-refractivity contribution is 7.80. The minimum atomic E-state index is 0.322. The molecular weight excluding hydrogens is 288 g/mol. The first-order valence-electron chi connectivity index (χ1n) is 6.33. The molecule has 0 aliphatic heterocycles. The summed E-state index contributed by atoms with van der Waals surface area (Å²) in [6.45, 7) is 2.92. The summed E-state index contributed by atoms with van der Waals surface area (Å²) >= 11 is 11.2. The van der Waals surface area contributed by atoms with Crippen molar-refractivity contribution in [3.8, 4) is 0 Å². The van der Waals surface area contributed by atoms with E-state index < -0.39 is 0 Å². The van der Waals surface area contributed by atoms with Crippen molar-refractivity contribution in [2.45, 2.75) is 13.5 Å². The number of halogens is 1. The summed E-state index contributed by atoms with van der Waals surface area (Å²) in [4.78, 5) is 2.46. The number of nitrogens with zero attached hydrogens (tertiary/aromatic N) is 1. The second kappa shape index (κ2) is 6.25. The van der Waals surface area contributed by atoms with Gasteiger partial charge in [-0.3, -0.25) is 0 Å². The molecule has 2 nitrogen and oxygen atoms in total. The average molecular weight is 305 g/mol. The van der Waals surface area contributed by atoms with Crippen LogP contribution in [0.4, 0.5) is 5.69 Å².